The number of hydrogen-bond donors (Lipinski definition) is 1. The summed E-state index contributed by atoms with van der Waals surface area (Å²) in [4.78, 5) is 0. The van der Waals surface area contributed by atoms with Gasteiger partial charge in [-0.25, -0.2) is 0 Å². The monoisotopic (exact) mass is 239 g/mol. The van der Waals surface area contributed by atoms with Crippen molar-refractivity contribution in [3.63, 3.8) is 0 Å². The predicted molar refractivity (Wildman–Crippen MR) is 72.2 cm³/mol. The third-order valence-corrected chi connectivity index (χ3v) is 3.06. The Morgan fingerprint density at radius 1 is 1.25 bits per heavy atom. The highest BCUT2D eigenvalue weighted by Gasteiger charge is 2.05. The summed E-state index contributed by atoms with van der Waals surface area (Å²) in [6, 6.07) is 6.79. The molecule has 0 saturated carbocycles. The van der Waals surface area contributed by atoms with Gasteiger partial charge in [-0.3, -0.25) is 0 Å². The highest BCUT2D eigenvalue weighted by atomic mass is 35.5. The van der Waals surface area contributed by atoms with Crippen LogP contribution in [0.15, 0.2) is 18.2 Å². The van der Waals surface area contributed by atoms with Gasteiger partial charge in [0.1, 0.15) is 0 Å². The summed E-state index contributed by atoms with van der Waals surface area (Å²) in [7, 11) is 0. The molecular formula is C14H22ClN. The molecule has 1 aromatic rings. The van der Waals surface area contributed by atoms with Crippen LogP contribution in [-0.2, 0) is 6.42 Å². The van der Waals surface area contributed by atoms with E-state index in [1.165, 1.54) is 5.56 Å². The number of benzene rings is 1. The Balaban J connectivity index is 2.49. The molecular weight excluding hydrogens is 218 g/mol. The molecule has 1 aromatic carbocycles. The highest BCUT2D eigenvalue weighted by Crippen LogP contribution is 2.17. The molecule has 1 unspecified atom stereocenters. The molecule has 1 N–H and O–H groups in total. The van der Waals surface area contributed by atoms with E-state index in [2.05, 4.69) is 45.1 Å². The van der Waals surface area contributed by atoms with E-state index in [0.717, 1.165) is 23.6 Å². The molecule has 0 aliphatic heterocycles. The fourth-order valence-electron chi connectivity index (χ4n) is 1.70. The summed E-state index contributed by atoms with van der Waals surface area (Å²) in [6.45, 7) is 9.82. The molecule has 0 aliphatic rings. The van der Waals surface area contributed by atoms with E-state index < -0.39 is 0 Å². The molecule has 0 aliphatic carbocycles. The number of nitrogens with one attached hydrogen (secondary N) is 1. The van der Waals surface area contributed by atoms with Gasteiger partial charge in [-0.05, 0) is 49.9 Å². The average Bonchev–Trinajstić information content (AvgIpc) is 2.21. The van der Waals surface area contributed by atoms with Crippen LogP contribution >= 0.6 is 11.6 Å². The first-order valence-electron chi connectivity index (χ1n) is 5.97. The van der Waals surface area contributed by atoms with Crippen molar-refractivity contribution in [2.75, 3.05) is 6.54 Å². The Hall–Kier alpha value is -0.530. The lowest BCUT2D eigenvalue weighted by Gasteiger charge is -2.16. The van der Waals surface area contributed by atoms with Gasteiger partial charge in [0.2, 0.25) is 0 Å². The van der Waals surface area contributed by atoms with Crippen LogP contribution in [0.3, 0.4) is 0 Å². The first-order chi connectivity index (χ1) is 7.49. The molecule has 1 nitrogen and oxygen atoms in total. The standard InChI is InChI=1S/C14H22ClN/c1-10(2)9-16-12(4)8-13-5-6-14(15)11(3)7-13/h5-7,10,12,16H,8-9H2,1-4H3. The van der Waals surface area contributed by atoms with Crippen molar-refractivity contribution < 1.29 is 0 Å². The quantitative estimate of drug-likeness (QED) is 0.824. The van der Waals surface area contributed by atoms with Gasteiger partial charge in [0, 0.05) is 11.1 Å². The van der Waals surface area contributed by atoms with Gasteiger partial charge >= 0.3 is 0 Å². The first-order valence-corrected chi connectivity index (χ1v) is 6.35. The third kappa shape index (κ3) is 4.54. The van der Waals surface area contributed by atoms with Crippen molar-refractivity contribution in [1.29, 1.82) is 0 Å². The number of halogens is 1. The molecule has 0 radical (unpaired) electrons. The SMILES string of the molecule is Cc1cc(CC(C)NCC(C)C)ccc1Cl. The van der Waals surface area contributed by atoms with E-state index in [9.17, 15) is 0 Å². The van der Waals surface area contributed by atoms with E-state index >= 15 is 0 Å². The maximum absolute atomic E-state index is 6.00. The van der Waals surface area contributed by atoms with E-state index in [4.69, 9.17) is 11.6 Å². The van der Waals surface area contributed by atoms with Crippen LogP contribution in [0.25, 0.3) is 0 Å². The largest absolute Gasteiger partial charge is 0.314 e. The minimum atomic E-state index is 0.517. The Labute approximate surface area is 104 Å². The number of rotatable bonds is 5. The average molecular weight is 240 g/mol. The van der Waals surface area contributed by atoms with Gasteiger partial charge in [-0.2, -0.15) is 0 Å². The van der Waals surface area contributed by atoms with Gasteiger partial charge < -0.3 is 5.32 Å². The Morgan fingerprint density at radius 2 is 1.94 bits per heavy atom. The molecule has 0 bridgehead atoms. The fourth-order valence-corrected chi connectivity index (χ4v) is 1.81. The molecule has 0 spiro atoms. The van der Waals surface area contributed by atoms with Crippen LogP contribution in [0.5, 0.6) is 0 Å². The van der Waals surface area contributed by atoms with Crippen molar-refractivity contribution in [3.05, 3.63) is 34.3 Å². The second-order valence-corrected chi connectivity index (χ2v) is 5.40. The molecule has 2 heteroatoms. The molecule has 1 rings (SSSR count). The normalized spacial score (nSPS) is 13.1. The third-order valence-electron chi connectivity index (χ3n) is 2.64. The summed E-state index contributed by atoms with van der Waals surface area (Å²) in [5.74, 6) is 0.703. The van der Waals surface area contributed by atoms with Crippen LogP contribution in [0.1, 0.15) is 31.9 Å². The van der Waals surface area contributed by atoms with Gasteiger partial charge in [-0.15, -0.1) is 0 Å². The van der Waals surface area contributed by atoms with Crippen LogP contribution in [0, 0.1) is 12.8 Å². The van der Waals surface area contributed by atoms with Gasteiger partial charge in [0.15, 0.2) is 0 Å². The molecule has 0 fully saturated rings. The maximum atomic E-state index is 6.00. The Kier molecular flexibility index (Phi) is 5.30. The highest BCUT2D eigenvalue weighted by molar-refractivity contribution is 6.31. The van der Waals surface area contributed by atoms with Crippen molar-refractivity contribution in [1.82, 2.24) is 5.32 Å². The van der Waals surface area contributed by atoms with Gasteiger partial charge in [-0.1, -0.05) is 37.6 Å². The molecule has 16 heavy (non-hydrogen) atoms. The lowest BCUT2D eigenvalue weighted by molar-refractivity contribution is 0.482. The molecule has 0 amide bonds. The first kappa shape index (κ1) is 13.5. The van der Waals surface area contributed by atoms with Crippen LogP contribution in [0.4, 0.5) is 0 Å². The zero-order chi connectivity index (χ0) is 12.1. The Morgan fingerprint density at radius 3 is 2.50 bits per heavy atom. The lowest BCUT2D eigenvalue weighted by atomic mass is 10.0. The van der Waals surface area contributed by atoms with Gasteiger partial charge in [0.05, 0.1) is 0 Å². The second-order valence-electron chi connectivity index (χ2n) is 4.99. The minimum Gasteiger partial charge on any atom is -0.314 e. The van der Waals surface area contributed by atoms with Crippen molar-refractivity contribution >= 4 is 11.6 Å². The zero-order valence-corrected chi connectivity index (χ0v) is 11.4. The van der Waals surface area contributed by atoms with Gasteiger partial charge in [0.25, 0.3) is 0 Å². The van der Waals surface area contributed by atoms with E-state index in [1.54, 1.807) is 0 Å². The minimum absolute atomic E-state index is 0.517. The smallest absolute Gasteiger partial charge is 0.0435 e. The predicted octanol–water partition coefficient (Wildman–Crippen LogP) is 3.83. The van der Waals surface area contributed by atoms with Crippen LogP contribution in [-0.4, -0.2) is 12.6 Å². The summed E-state index contributed by atoms with van der Waals surface area (Å²) in [5, 5.41) is 4.38. The summed E-state index contributed by atoms with van der Waals surface area (Å²) >= 11 is 6.00. The fraction of sp³-hybridized carbons (Fsp3) is 0.571. The summed E-state index contributed by atoms with van der Waals surface area (Å²) in [6.07, 6.45) is 1.06. The number of aryl methyl sites for hydroxylation is 1. The van der Waals surface area contributed by atoms with E-state index in [0.29, 0.717) is 12.0 Å². The molecule has 0 saturated heterocycles. The van der Waals surface area contributed by atoms with Crippen molar-refractivity contribution in [3.8, 4) is 0 Å². The second kappa shape index (κ2) is 6.27. The van der Waals surface area contributed by atoms with E-state index in [1.807, 2.05) is 6.07 Å². The molecule has 0 heterocycles. The topological polar surface area (TPSA) is 12.0 Å². The Bertz CT molecular complexity index is 334. The summed E-state index contributed by atoms with van der Waals surface area (Å²) in [5.41, 5.74) is 2.51. The lowest BCUT2D eigenvalue weighted by Crippen LogP contribution is -2.31. The summed E-state index contributed by atoms with van der Waals surface area (Å²) < 4.78 is 0. The van der Waals surface area contributed by atoms with Crippen LogP contribution in [0.2, 0.25) is 5.02 Å². The molecule has 90 valence electrons. The van der Waals surface area contributed by atoms with Crippen molar-refractivity contribution in [2.24, 2.45) is 5.92 Å². The number of hydrogen-bond acceptors (Lipinski definition) is 1. The van der Waals surface area contributed by atoms with E-state index in [-0.39, 0.29) is 0 Å². The maximum Gasteiger partial charge on any atom is 0.0435 e. The zero-order valence-electron chi connectivity index (χ0n) is 10.7. The molecule has 1 atom stereocenters. The molecule has 0 aromatic heterocycles. The van der Waals surface area contributed by atoms with Crippen LogP contribution < -0.4 is 5.32 Å². The van der Waals surface area contributed by atoms with Crippen molar-refractivity contribution in [2.45, 2.75) is 40.2 Å².